The second-order valence-corrected chi connectivity index (χ2v) is 7.12. The fourth-order valence-corrected chi connectivity index (χ4v) is 2.83. The number of benzene rings is 2. The van der Waals surface area contributed by atoms with Crippen LogP contribution in [0.2, 0.25) is 0 Å². The van der Waals surface area contributed by atoms with Crippen LogP contribution >= 0.6 is 0 Å². The molecule has 3 rings (SSSR count). The summed E-state index contributed by atoms with van der Waals surface area (Å²) in [6.07, 6.45) is 0.216. The van der Waals surface area contributed by atoms with Crippen LogP contribution in [0.5, 0.6) is 0 Å². The highest BCUT2D eigenvalue weighted by molar-refractivity contribution is 5.75. The fraction of sp³-hybridized carbons (Fsp3) is 0.300. The Morgan fingerprint density at radius 3 is 2.56 bits per heavy atom. The summed E-state index contributed by atoms with van der Waals surface area (Å²) in [4.78, 5) is 27.1. The molecule has 0 aliphatic rings. The minimum Gasteiger partial charge on any atom is -0.460 e. The zero-order chi connectivity index (χ0) is 18.0. The van der Waals surface area contributed by atoms with Gasteiger partial charge in [0, 0.05) is 0 Å². The first-order chi connectivity index (χ1) is 11.8. The van der Waals surface area contributed by atoms with E-state index in [1.54, 1.807) is 4.57 Å². The first-order valence-electron chi connectivity index (χ1n) is 8.29. The van der Waals surface area contributed by atoms with Gasteiger partial charge in [-0.3, -0.25) is 9.36 Å². The van der Waals surface area contributed by atoms with Crippen molar-refractivity contribution in [1.29, 1.82) is 0 Å². The maximum absolute atomic E-state index is 12.2. The van der Waals surface area contributed by atoms with Crippen LogP contribution in [0.4, 0.5) is 0 Å². The van der Waals surface area contributed by atoms with E-state index >= 15 is 0 Å². The van der Waals surface area contributed by atoms with Gasteiger partial charge in [-0.15, -0.1) is 0 Å². The van der Waals surface area contributed by atoms with Crippen LogP contribution in [0.3, 0.4) is 0 Å². The molecule has 2 aromatic carbocycles. The number of ether oxygens (including phenoxy) is 1. The molecule has 0 saturated carbocycles. The van der Waals surface area contributed by atoms with Crippen LogP contribution in [0.25, 0.3) is 11.0 Å². The van der Waals surface area contributed by atoms with Crippen molar-refractivity contribution in [1.82, 2.24) is 9.55 Å². The molecule has 0 bridgehead atoms. The molecule has 3 aromatic rings. The predicted molar refractivity (Wildman–Crippen MR) is 97.7 cm³/mol. The van der Waals surface area contributed by atoms with Crippen LogP contribution in [-0.2, 0) is 22.5 Å². The second-order valence-electron chi connectivity index (χ2n) is 7.12. The van der Waals surface area contributed by atoms with Crippen molar-refractivity contribution >= 4 is 17.0 Å². The summed E-state index contributed by atoms with van der Waals surface area (Å²) in [6.45, 7) is 6.01. The molecule has 0 aliphatic carbocycles. The average Bonchev–Trinajstić information content (AvgIpc) is 2.82. The van der Waals surface area contributed by atoms with Gasteiger partial charge in [-0.25, -0.2) is 4.79 Å². The Morgan fingerprint density at radius 2 is 1.80 bits per heavy atom. The smallest absolute Gasteiger partial charge is 0.326 e. The van der Waals surface area contributed by atoms with Crippen molar-refractivity contribution in [2.24, 2.45) is 0 Å². The van der Waals surface area contributed by atoms with Gasteiger partial charge < -0.3 is 9.72 Å². The normalized spacial score (nSPS) is 11.6. The molecule has 1 heterocycles. The van der Waals surface area contributed by atoms with Gasteiger partial charge in [-0.2, -0.15) is 0 Å². The van der Waals surface area contributed by atoms with Crippen molar-refractivity contribution < 1.29 is 9.53 Å². The molecule has 25 heavy (non-hydrogen) atoms. The lowest BCUT2D eigenvalue weighted by Crippen LogP contribution is -2.25. The highest BCUT2D eigenvalue weighted by Crippen LogP contribution is 2.14. The Kier molecular flexibility index (Phi) is 4.49. The number of nitrogens with zero attached hydrogens (tertiary/aromatic N) is 1. The number of nitrogens with one attached hydrogen (secondary N) is 1. The van der Waals surface area contributed by atoms with Crippen LogP contribution in [0.15, 0.2) is 53.3 Å². The molecule has 130 valence electrons. The highest BCUT2D eigenvalue weighted by Gasteiger charge is 2.16. The molecule has 5 heteroatoms. The van der Waals surface area contributed by atoms with E-state index in [-0.39, 0.29) is 18.1 Å². The maximum Gasteiger partial charge on any atom is 0.326 e. The Balaban J connectivity index is 1.81. The molecule has 1 N–H and O–H groups in total. The van der Waals surface area contributed by atoms with Crippen LogP contribution in [0, 0.1) is 0 Å². The summed E-state index contributed by atoms with van der Waals surface area (Å²) in [7, 11) is 0. The van der Waals surface area contributed by atoms with E-state index in [2.05, 4.69) is 4.98 Å². The molecule has 0 atom stereocenters. The van der Waals surface area contributed by atoms with E-state index in [1.165, 1.54) is 0 Å². The van der Waals surface area contributed by atoms with Crippen LogP contribution in [-0.4, -0.2) is 21.1 Å². The molecular weight excluding hydrogens is 316 g/mol. The first-order valence-corrected chi connectivity index (χ1v) is 8.29. The number of imidazole rings is 1. The van der Waals surface area contributed by atoms with Gasteiger partial charge in [0.15, 0.2) is 0 Å². The zero-order valence-electron chi connectivity index (χ0n) is 14.7. The minimum absolute atomic E-state index is 0.140. The first kappa shape index (κ1) is 17.0. The third kappa shape index (κ3) is 4.18. The molecule has 0 unspecified atom stereocenters. The quantitative estimate of drug-likeness (QED) is 0.743. The van der Waals surface area contributed by atoms with E-state index in [1.807, 2.05) is 69.3 Å². The number of carbonyl (C=O) groups excluding carboxylic acids is 1. The number of para-hydroxylation sites is 2. The SMILES string of the molecule is CC(C)(C)OC(=O)Cc1cccc(Cn2c(=O)[nH]c3ccccc32)c1. The van der Waals surface area contributed by atoms with Crippen LogP contribution < -0.4 is 5.69 Å². The molecule has 0 saturated heterocycles. The molecular formula is C20H22N2O3. The number of rotatable bonds is 4. The molecule has 0 radical (unpaired) electrons. The summed E-state index contributed by atoms with van der Waals surface area (Å²) in [5, 5.41) is 0. The number of aromatic amines is 1. The summed E-state index contributed by atoms with van der Waals surface area (Å²) >= 11 is 0. The number of carbonyl (C=O) groups is 1. The Hall–Kier alpha value is -2.82. The van der Waals surface area contributed by atoms with E-state index in [0.29, 0.717) is 6.54 Å². The van der Waals surface area contributed by atoms with Gasteiger partial charge in [0.25, 0.3) is 0 Å². The van der Waals surface area contributed by atoms with Gasteiger partial charge in [0.2, 0.25) is 0 Å². The topological polar surface area (TPSA) is 64.1 Å². The van der Waals surface area contributed by atoms with E-state index in [9.17, 15) is 9.59 Å². The molecule has 0 aliphatic heterocycles. The van der Waals surface area contributed by atoms with Crippen molar-refractivity contribution in [2.75, 3.05) is 0 Å². The average molecular weight is 338 g/mol. The molecule has 5 nitrogen and oxygen atoms in total. The largest absolute Gasteiger partial charge is 0.460 e. The summed E-state index contributed by atoms with van der Waals surface area (Å²) in [5.41, 5.74) is 2.89. The predicted octanol–water partition coefficient (Wildman–Crippen LogP) is 3.26. The van der Waals surface area contributed by atoms with Gasteiger partial charge in [0.1, 0.15) is 5.60 Å². The third-order valence-corrected chi connectivity index (χ3v) is 3.78. The van der Waals surface area contributed by atoms with E-state index in [4.69, 9.17) is 4.74 Å². The molecule has 0 amide bonds. The van der Waals surface area contributed by atoms with Crippen molar-refractivity contribution in [3.05, 3.63) is 70.1 Å². The number of hydrogen-bond acceptors (Lipinski definition) is 3. The number of hydrogen-bond donors (Lipinski definition) is 1. The van der Waals surface area contributed by atoms with E-state index < -0.39 is 5.60 Å². The summed E-state index contributed by atoms with van der Waals surface area (Å²) in [6, 6.07) is 15.3. The van der Waals surface area contributed by atoms with Crippen molar-refractivity contribution in [3.63, 3.8) is 0 Å². The van der Waals surface area contributed by atoms with Gasteiger partial charge in [-0.1, -0.05) is 36.4 Å². The molecule has 0 fully saturated rings. The van der Waals surface area contributed by atoms with Gasteiger partial charge in [-0.05, 0) is 44.0 Å². The maximum atomic E-state index is 12.2. The summed E-state index contributed by atoms with van der Waals surface area (Å²) in [5.74, 6) is -0.256. The van der Waals surface area contributed by atoms with E-state index in [0.717, 1.165) is 22.2 Å². The molecule has 1 aromatic heterocycles. The second kappa shape index (κ2) is 6.59. The number of esters is 1. The molecule has 0 spiro atoms. The number of aromatic nitrogens is 2. The number of H-pyrrole nitrogens is 1. The monoisotopic (exact) mass is 338 g/mol. The van der Waals surface area contributed by atoms with Gasteiger partial charge >= 0.3 is 11.7 Å². The Bertz CT molecular complexity index is 961. The lowest BCUT2D eigenvalue weighted by Gasteiger charge is -2.19. The lowest BCUT2D eigenvalue weighted by atomic mass is 10.1. The standard InChI is InChI=1S/C20H22N2O3/c1-20(2,3)25-18(23)12-14-7-6-8-15(11-14)13-22-17-10-5-4-9-16(17)21-19(22)24/h4-11H,12-13H2,1-3H3,(H,21,24). The third-order valence-electron chi connectivity index (χ3n) is 3.78. The van der Waals surface area contributed by atoms with Crippen LogP contribution in [0.1, 0.15) is 31.9 Å². The Labute approximate surface area is 146 Å². The fourth-order valence-electron chi connectivity index (χ4n) is 2.83. The van der Waals surface area contributed by atoms with Crippen molar-refractivity contribution in [2.45, 2.75) is 39.3 Å². The van der Waals surface area contributed by atoms with Gasteiger partial charge in [0.05, 0.1) is 24.0 Å². The minimum atomic E-state index is -0.494. The van der Waals surface area contributed by atoms with Crippen molar-refractivity contribution in [3.8, 4) is 0 Å². The number of fused-ring (bicyclic) bond motifs is 1. The summed E-state index contributed by atoms with van der Waals surface area (Å²) < 4.78 is 7.06. The lowest BCUT2D eigenvalue weighted by molar-refractivity contribution is -0.153. The highest BCUT2D eigenvalue weighted by atomic mass is 16.6. The Morgan fingerprint density at radius 1 is 1.08 bits per heavy atom. The zero-order valence-corrected chi connectivity index (χ0v) is 14.7.